The van der Waals surface area contributed by atoms with Crippen LogP contribution in [0.15, 0.2) is 27.6 Å². The van der Waals surface area contributed by atoms with Crippen LogP contribution in [0.5, 0.6) is 0 Å². The Labute approximate surface area is 101 Å². The van der Waals surface area contributed by atoms with Gasteiger partial charge in [0.1, 0.15) is 5.82 Å². The molecular weight excluding hydrogens is 274 g/mol. The number of hydrogen-bond acceptors (Lipinski definition) is 4. The molecule has 16 heavy (non-hydrogen) atoms. The molecule has 0 aromatic carbocycles. The fraction of sp³-hybridized carbons (Fsp3) is 0.400. The van der Waals surface area contributed by atoms with Gasteiger partial charge in [-0.2, -0.15) is 4.98 Å². The summed E-state index contributed by atoms with van der Waals surface area (Å²) in [5, 5.41) is 9.20. The smallest absolute Gasteiger partial charge is 0.350 e. The van der Waals surface area contributed by atoms with Crippen molar-refractivity contribution in [3.63, 3.8) is 0 Å². The molecule has 2 atom stereocenters. The molecule has 0 amide bonds. The molecule has 1 aromatic heterocycles. The Morgan fingerprint density at radius 2 is 2.44 bits per heavy atom. The molecule has 0 saturated heterocycles. The number of aliphatic hydroxyl groups excluding tert-OH is 1. The normalized spacial score (nSPS) is 23.9. The summed E-state index contributed by atoms with van der Waals surface area (Å²) >= 11 is 3.24. The SMILES string of the molecule is Nc1nc(=O)n([C@H]2C=CC[C@H]2CO)cc1Br. The third-order valence-corrected chi connectivity index (χ3v) is 3.36. The molecule has 6 heteroatoms. The van der Waals surface area contributed by atoms with Gasteiger partial charge < -0.3 is 10.8 Å². The molecule has 1 aliphatic carbocycles. The van der Waals surface area contributed by atoms with Gasteiger partial charge >= 0.3 is 5.69 Å². The molecule has 0 aliphatic heterocycles. The maximum atomic E-state index is 11.7. The minimum absolute atomic E-state index is 0.0371. The predicted molar refractivity (Wildman–Crippen MR) is 64.0 cm³/mol. The van der Waals surface area contributed by atoms with Gasteiger partial charge in [-0.05, 0) is 22.4 Å². The van der Waals surface area contributed by atoms with E-state index < -0.39 is 5.69 Å². The van der Waals surface area contributed by atoms with Gasteiger partial charge in [0.15, 0.2) is 0 Å². The average Bonchev–Trinajstić information content (AvgIpc) is 2.71. The zero-order valence-corrected chi connectivity index (χ0v) is 10.1. The topological polar surface area (TPSA) is 81.1 Å². The largest absolute Gasteiger partial charge is 0.396 e. The Kier molecular flexibility index (Phi) is 3.11. The molecule has 3 N–H and O–H groups in total. The molecule has 1 heterocycles. The number of hydrogen-bond donors (Lipinski definition) is 2. The van der Waals surface area contributed by atoms with Crippen LogP contribution >= 0.6 is 15.9 Å². The van der Waals surface area contributed by atoms with E-state index in [0.717, 1.165) is 6.42 Å². The Hall–Kier alpha value is -1.14. The standard InChI is InChI=1S/C10H12BrN3O2/c11-7-4-14(10(16)13-9(7)12)8-3-1-2-6(8)5-15/h1,3-4,6,8,15H,2,5H2,(H2,12,13,16)/t6-,8-/m0/s1. The van der Waals surface area contributed by atoms with E-state index >= 15 is 0 Å². The summed E-state index contributed by atoms with van der Waals surface area (Å²) in [6.07, 6.45) is 6.26. The molecular formula is C10H12BrN3O2. The maximum absolute atomic E-state index is 11.7. The summed E-state index contributed by atoms with van der Waals surface area (Å²) in [5.41, 5.74) is 5.12. The minimum atomic E-state index is -0.393. The van der Waals surface area contributed by atoms with Crippen molar-refractivity contribution in [3.8, 4) is 0 Å². The van der Waals surface area contributed by atoms with Crippen molar-refractivity contribution in [1.29, 1.82) is 0 Å². The lowest BCUT2D eigenvalue weighted by atomic mass is 10.0. The Bertz CT molecular complexity index is 483. The van der Waals surface area contributed by atoms with Crippen LogP contribution in [0, 0.1) is 5.92 Å². The van der Waals surface area contributed by atoms with Gasteiger partial charge in [-0.25, -0.2) is 4.79 Å². The van der Waals surface area contributed by atoms with Crippen molar-refractivity contribution < 1.29 is 5.11 Å². The van der Waals surface area contributed by atoms with E-state index in [4.69, 9.17) is 5.73 Å². The first-order chi connectivity index (χ1) is 7.63. The first-order valence-corrected chi connectivity index (χ1v) is 5.74. The first kappa shape index (κ1) is 11.3. The lowest BCUT2D eigenvalue weighted by Crippen LogP contribution is -2.30. The van der Waals surface area contributed by atoms with Gasteiger partial charge in [0.2, 0.25) is 0 Å². The van der Waals surface area contributed by atoms with Crippen LogP contribution in [-0.2, 0) is 0 Å². The van der Waals surface area contributed by atoms with Crippen LogP contribution in [0.3, 0.4) is 0 Å². The van der Waals surface area contributed by atoms with Gasteiger partial charge in [0, 0.05) is 18.7 Å². The summed E-state index contributed by atoms with van der Waals surface area (Å²) in [4.78, 5) is 15.4. The van der Waals surface area contributed by atoms with E-state index in [2.05, 4.69) is 20.9 Å². The van der Waals surface area contributed by atoms with Crippen molar-refractivity contribution in [2.45, 2.75) is 12.5 Å². The third kappa shape index (κ3) is 1.90. The summed E-state index contributed by atoms with van der Waals surface area (Å²) in [7, 11) is 0. The summed E-state index contributed by atoms with van der Waals surface area (Å²) in [6.45, 7) is 0.0477. The van der Waals surface area contributed by atoms with Crippen LogP contribution in [0.1, 0.15) is 12.5 Å². The van der Waals surface area contributed by atoms with Crippen LogP contribution in [0.4, 0.5) is 5.82 Å². The molecule has 0 bridgehead atoms. The second-order valence-electron chi connectivity index (χ2n) is 3.76. The Morgan fingerprint density at radius 3 is 3.12 bits per heavy atom. The Morgan fingerprint density at radius 1 is 1.69 bits per heavy atom. The van der Waals surface area contributed by atoms with Crippen LogP contribution in [0.2, 0.25) is 0 Å². The highest BCUT2D eigenvalue weighted by Crippen LogP contribution is 2.29. The van der Waals surface area contributed by atoms with Crippen molar-refractivity contribution in [3.05, 3.63) is 33.3 Å². The first-order valence-electron chi connectivity index (χ1n) is 4.95. The highest BCUT2D eigenvalue weighted by molar-refractivity contribution is 9.10. The number of rotatable bonds is 2. The molecule has 86 valence electrons. The molecule has 2 rings (SSSR count). The molecule has 0 fully saturated rings. The number of anilines is 1. The van der Waals surface area contributed by atoms with Gasteiger partial charge in [0.25, 0.3) is 0 Å². The fourth-order valence-electron chi connectivity index (χ4n) is 1.86. The highest BCUT2D eigenvalue weighted by atomic mass is 79.9. The van der Waals surface area contributed by atoms with Crippen molar-refractivity contribution in [2.24, 2.45) is 5.92 Å². The van der Waals surface area contributed by atoms with E-state index in [1.54, 1.807) is 6.20 Å². The molecule has 0 saturated carbocycles. The van der Waals surface area contributed by atoms with Gasteiger partial charge in [0.05, 0.1) is 10.5 Å². The third-order valence-electron chi connectivity index (χ3n) is 2.74. The van der Waals surface area contributed by atoms with Crippen molar-refractivity contribution >= 4 is 21.7 Å². The molecule has 0 spiro atoms. The van der Waals surface area contributed by atoms with Crippen molar-refractivity contribution in [1.82, 2.24) is 9.55 Å². The Balaban J connectivity index is 2.44. The molecule has 5 nitrogen and oxygen atoms in total. The number of nitrogen functional groups attached to an aromatic ring is 1. The molecule has 0 unspecified atom stereocenters. The average molecular weight is 286 g/mol. The summed E-state index contributed by atoms with van der Waals surface area (Å²) < 4.78 is 2.08. The molecule has 1 aliphatic rings. The lowest BCUT2D eigenvalue weighted by Gasteiger charge is -2.19. The zero-order chi connectivity index (χ0) is 11.7. The van der Waals surface area contributed by atoms with Crippen LogP contribution in [-0.4, -0.2) is 21.3 Å². The number of aliphatic hydroxyl groups is 1. The van der Waals surface area contributed by atoms with E-state index in [1.807, 2.05) is 12.2 Å². The second kappa shape index (κ2) is 4.39. The predicted octanol–water partition coefficient (Wildman–Crippen LogP) is 0.697. The van der Waals surface area contributed by atoms with Crippen LogP contribution < -0.4 is 11.4 Å². The minimum Gasteiger partial charge on any atom is -0.396 e. The molecule has 0 radical (unpaired) electrons. The summed E-state index contributed by atoms with van der Waals surface area (Å²) in [6, 6.07) is -0.137. The highest BCUT2D eigenvalue weighted by Gasteiger charge is 2.25. The fourth-order valence-corrected chi connectivity index (χ4v) is 2.17. The van der Waals surface area contributed by atoms with E-state index in [9.17, 15) is 9.90 Å². The van der Waals surface area contributed by atoms with Gasteiger partial charge in [-0.1, -0.05) is 12.2 Å². The number of nitrogens with two attached hydrogens (primary N) is 1. The molecule has 1 aromatic rings. The van der Waals surface area contributed by atoms with E-state index in [-0.39, 0.29) is 24.4 Å². The van der Waals surface area contributed by atoms with E-state index in [1.165, 1.54) is 4.57 Å². The monoisotopic (exact) mass is 285 g/mol. The quantitative estimate of drug-likeness (QED) is 0.784. The van der Waals surface area contributed by atoms with E-state index in [0.29, 0.717) is 4.47 Å². The number of aromatic nitrogens is 2. The zero-order valence-electron chi connectivity index (χ0n) is 8.51. The summed E-state index contributed by atoms with van der Waals surface area (Å²) in [5.74, 6) is 0.221. The number of nitrogens with zero attached hydrogens (tertiary/aromatic N) is 2. The van der Waals surface area contributed by atoms with Gasteiger partial charge in [-0.15, -0.1) is 0 Å². The second-order valence-corrected chi connectivity index (χ2v) is 4.62. The lowest BCUT2D eigenvalue weighted by molar-refractivity contribution is 0.202. The van der Waals surface area contributed by atoms with Gasteiger partial charge in [-0.3, -0.25) is 4.57 Å². The maximum Gasteiger partial charge on any atom is 0.350 e. The van der Waals surface area contributed by atoms with Crippen LogP contribution in [0.25, 0.3) is 0 Å². The number of allylic oxidation sites excluding steroid dienone is 2. The number of halogens is 1. The van der Waals surface area contributed by atoms with Crippen molar-refractivity contribution in [2.75, 3.05) is 12.3 Å².